The molecule has 1 N–H and O–H groups in total. The maximum atomic E-state index is 11.6. The van der Waals surface area contributed by atoms with Gasteiger partial charge in [0.2, 0.25) is 5.91 Å². The van der Waals surface area contributed by atoms with E-state index in [0.717, 1.165) is 18.4 Å². The fourth-order valence-electron chi connectivity index (χ4n) is 1.59. The molecule has 1 aromatic rings. The Kier molecular flexibility index (Phi) is 3.29. The number of aromatic nitrogens is 1. The predicted molar refractivity (Wildman–Crippen MR) is 55.1 cm³/mol. The molecule has 2 rings (SSSR count). The third-order valence-corrected chi connectivity index (χ3v) is 2.44. The SMILES string of the molecule is O=C(NCc1ccncc1)C1CCCO1. The minimum atomic E-state index is -0.244. The van der Waals surface area contributed by atoms with Crippen LogP contribution in [0.3, 0.4) is 0 Å². The predicted octanol–water partition coefficient (Wildman–Crippen LogP) is 0.877. The highest BCUT2D eigenvalue weighted by molar-refractivity contribution is 5.80. The molecular weight excluding hydrogens is 192 g/mol. The molecule has 1 aliphatic heterocycles. The number of carbonyl (C=O) groups excluding carboxylic acids is 1. The van der Waals surface area contributed by atoms with E-state index in [0.29, 0.717) is 13.2 Å². The van der Waals surface area contributed by atoms with Gasteiger partial charge in [0.05, 0.1) is 0 Å². The summed E-state index contributed by atoms with van der Waals surface area (Å²) in [7, 11) is 0. The minimum Gasteiger partial charge on any atom is -0.368 e. The topological polar surface area (TPSA) is 51.2 Å². The van der Waals surface area contributed by atoms with Crippen LogP contribution in [-0.2, 0) is 16.1 Å². The van der Waals surface area contributed by atoms with Gasteiger partial charge in [-0.3, -0.25) is 9.78 Å². The Morgan fingerprint density at radius 1 is 1.53 bits per heavy atom. The number of amides is 1. The molecule has 0 spiro atoms. The molecule has 4 nitrogen and oxygen atoms in total. The van der Waals surface area contributed by atoms with Crippen molar-refractivity contribution in [1.29, 1.82) is 0 Å². The first-order valence-electron chi connectivity index (χ1n) is 5.14. The summed E-state index contributed by atoms with van der Waals surface area (Å²) < 4.78 is 5.28. The largest absolute Gasteiger partial charge is 0.368 e. The van der Waals surface area contributed by atoms with Crippen LogP contribution in [0.4, 0.5) is 0 Å². The first kappa shape index (κ1) is 10.1. The summed E-state index contributed by atoms with van der Waals surface area (Å²) >= 11 is 0. The van der Waals surface area contributed by atoms with Crippen molar-refractivity contribution in [2.45, 2.75) is 25.5 Å². The molecule has 0 aliphatic carbocycles. The summed E-state index contributed by atoms with van der Waals surface area (Å²) in [6.07, 6.45) is 5.00. The molecule has 1 amide bonds. The van der Waals surface area contributed by atoms with Crippen molar-refractivity contribution in [3.8, 4) is 0 Å². The monoisotopic (exact) mass is 206 g/mol. The second-order valence-electron chi connectivity index (χ2n) is 3.57. The van der Waals surface area contributed by atoms with Gasteiger partial charge in [-0.05, 0) is 30.5 Å². The molecular formula is C11H14N2O2. The maximum Gasteiger partial charge on any atom is 0.249 e. The first-order chi connectivity index (χ1) is 7.36. The van der Waals surface area contributed by atoms with Gasteiger partial charge in [-0.1, -0.05) is 0 Å². The zero-order chi connectivity index (χ0) is 10.5. The van der Waals surface area contributed by atoms with Crippen LogP contribution in [-0.4, -0.2) is 23.6 Å². The van der Waals surface area contributed by atoms with Crippen LogP contribution in [0.2, 0.25) is 0 Å². The molecule has 0 aromatic carbocycles. The van der Waals surface area contributed by atoms with E-state index in [9.17, 15) is 4.79 Å². The van der Waals surface area contributed by atoms with Gasteiger partial charge in [-0.25, -0.2) is 0 Å². The maximum absolute atomic E-state index is 11.6. The van der Waals surface area contributed by atoms with Crippen molar-refractivity contribution in [2.75, 3.05) is 6.61 Å². The Balaban J connectivity index is 1.80. The van der Waals surface area contributed by atoms with E-state index in [1.807, 2.05) is 12.1 Å². The fraction of sp³-hybridized carbons (Fsp3) is 0.455. The second-order valence-corrected chi connectivity index (χ2v) is 3.57. The van der Waals surface area contributed by atoms with Crippen LogP contribution in [0.5, 0.6) is 0 Å². The van der Waals surface area contributed by atoms with Crippen LogP contribution >= 0.6 is 0 Å². The Morgan fingerprint density at radius 2 is 2.33 bits per heavy atom. The first-order valence-corrected chi connectivity index (χ1v) is 5.14. The van der Waals surface area contributed by atoms with E-state index in [-0.39, 0.29) is 12.0 Å². The third kappa shape index (κ3) is 2.76. The van der Waals surface area contributed by atoms with Gasteiger partial charge in [0.25, 0.3) is 0 Å². The molecule has 0 saturated carbocycles. The smallest absolute Gasteiger partial charge is 0.249 e. The Morgan fingerprint density at radius 3 is 3.00 bits per heavy atom. The average molecular weight is 206 g/mol. The number of hydrogen-bond acceptors (Lipinski definition) is 3. The normalized spacial score (nSPS) is 20.1. The van der Waals surface area contributed by atoms with Crippen molar-refractivity contribution in [1.82, 2.24) is 10.3 Å². The van der Waals surface area contributed by atoms with E-state index < -0.39 is 0 Å². The van der Waals surface area contributed by atoms with Gasteiger partial charge in [-0.15, -0.1) is 0 Å². The lowest BCUT2D eigenvalue weighted by Crippen LogP contribution is -2.33. The van der Waals surface area contributed by atoms with Gasteiger partial charge in [0.15, 0.2) is 0 Å². The van der Waals surface area contributed by atoms with Crippen molar-refractivity contribution in [3.63, 3.8) is 0 Å². The molecule has 1 saturated heterocycles. The van der Waals surface area contributed by atoms with Gasteiger partial charge >= 0.3 is 0 Å². The fourth-order valence-corrected chi connectivity index (χ4v) is 1.59. The van der Waals surface area contributed by atoms with E-state index in [4.69, 9.17) is 4.74 Å². The van der Waals surface area contributed by atoms with Gasteiger partial charge in [0.1, 0.15) is 6.10 Å². The molecule has 0 bridgehead atoms. The molecule has 1 fully saturated rings. The van der Waals surface area contributed by atoms with Gasteiger partial charge in [0, 0.05) is 25.5 Å². The zero-order valence-corrected chi connectivity index (χ0v) is 8.48. The number of carbonyl (C=O) groups is 1. The number of rotatable bonds is 3. The summed E-state index contributed by atoms with van der Waals surface area (Å²) in [5.41, 5.74) is 1.05. The zero-order valence-electron chi connectivity index (χ0n) is 8.48. The molecule has 1 atom stereocenters. The Hall–Kier alpha value is -1.42. The molecule has 80 valence electrons. The third-order valence-electron chi connectivity index (χ3n) is 2.44. The highest BCUT2D eigenvalue weighted by Crippen LogP contribution is 2.11. The molecule has 2 heterocycles. The van der Waals surface area contributed by atoms with Crippen LogP contribution < -0.4 is 5.32 Å². The van der Waals surface area contributed by atoms with Crippen LogP contribution in [0.25, 0.3) is 0 Å². The Bertz CT molecular complexity index is 321. The summed E-state index contributed by atoms with van der Waals surface area (Å²) in [6.45, 7) is 1.24. The summed E-state index contributed by atoms with van der Waals surface area (Å²) in [5.74, 6) is -0.00990. The molecule has 0 radical (unpaired) electrons. The number of pyridine rings is 1. The van der Waals surface area contributed by atoms with Gasteiger partial charge < -0.3 is 10.1 Å². The molecule has 4 heteroatoms. The molecule has 1 aromatic heterocycles. The van der Waals surface area contributed by atoms with Crippen molar-refractivity contribution < 1.29 is 9.53 Å². The summed E-state index contributed by atoms with van der Waals surface area (Å²) in [4.78, 5) is 15.5. The number of ether oxygens (including phenoxy) is 1. The van der Waals surface area contributed by atoms with Crippen LogP contribution in [0, 0.1) is 0 Å². The van der Waals surface area contributed by atoms with Crippen molar-refractivity contribution >= 4 is 5.91 Å². The lowest BCUT2D eigenvalue weighted by Gasteiger charge is -2.09. The molecule has 1 aliphatic rings. The number of nitrogens with zero attached hydrogens (tertiary/aromatic N) is 1. The van der Waals surface area contributed by atoms with E-state index in [1.165, 1.54) is 0 Å². The van der Waals surface area contributed by atoms with Crippen LogP contribution in [0.1, 0.15) is 18.4 Å². The number of nitrogens with one attached hydrogen (secondary N) is 1. The average Bonchev–Trinajstić information content (AvgIpc) is 2.81. The van der Waals surface area contributed by atoms with E-state index in [1.54, 1.807) is 12.4 Å². The van der Waals surface area contributed by atoms with Crippen molar-refractivity contribution in [2.24, 2.45) is 0 Å². The molecule has 15 heavy (non-hydrogen) atoms. The lowest BCUT2D eigenvalue weighted by atomic mass is 10.2. The van der Waals surface area contributed by atoms with Crippen molar-refractivity contribution in [3.05, 3.63) is 30.1 Å². The highest BCUT2D eigenvalue weighted by Gasteiger charge is 2.22. The summed E-state index contributed by atoms with van der Waals surface area (Å²) in [6, 6.07) is 3.77. The molecule has 1 unspecified atom stereocenters. The van der Waals surface area contributed by atoms with E-state index in [2.05, 4.69) is 10.3 Å². The minimum absolute atomic E-state index is 0.00990. The standard InChI is InChI=1S/C11H14N2O2/c14-11(10-2-1-7-15-10)13-8-9-3-5-12-6-4-9/h3-6,10H,1-2,7-8H2,(H,13,14). The van der Waals surface area contributed by atoms with E-state index >= 15 is 0 Å². The highest BCUT2D eigenvalue weighted by atomic mass is 16.5. The van der Waals surface area contributed by atoms with Gasteiger partial charge in [-0.2, -0.15) is 0 Å². The second kappa shape index (κ2) is 4.89. The lowest BCUT2D eigenvalue weighted by molar-refractivity contribution is -0.130. The number of hydrogen-bond donors (Lipinski definition) is 1. The quantitative estimate of drug-likeness (QED) is 0.798. The summed E-state index contributed by atoms with van der Waals surface area (Å²) in [5, 5.41) is 2.85. The Labute approximate surface area is 88.7 Å². The van der Waals surface area contributed by atoms with Crippen LogP contribution in [0.15, 0.2) is 24.5 Å².